The molecule has 0 atom stereocenters. The Morgan fingerprint density at radius 3 is 2.20 bits per heavy atom. The molecule has 10 heavy (non-hydrogen) atoms. The second-order valence-electron chi connectivity index (χ2n) is 2.49. The van der Waals surface area contributed by atoms with Crippen molar-refractivity contribution in [2.24, 2.45) is 5.92 Å². The number of nitriles is 1. The number of nitrogens with zero attached hydrogens (tertiary/aromatic N) is 1. The summed E-state index contributed by atoms with van der Waals surface area (Å²) in [6, 6.07) is 1.84. The minimum absolute atomic E-state index is 0.156. The van der Waals surface area contributed by atoms with Crippen LogP contribution in [-0.4, -0.2) is 5.78 Å². The molecule has 0 aliphatic rings. The third kappa shape index (κ3) is 3.03. The second-order valence-corrected chi connectivity index (χ2v) is 2.49. The molecule has 0 aliphatic carbocycles. The minimum Gasteiger partial charge on any atom is -0.294 e. The number of allylic oxidation sites excluding steroid dienone is 2. The number of carbonyl (C=O) groups is 1. The molecule has 0 aromatic rings. The maximum atomic E-state index is 10.6. The van der Waals surface area contributed by atoms with Crippen molar-refractivity contribution in [1.82, 2.24) is 0 Å². The molecular weight excluding hydrogens is 126 g/mol. The summed E-state index contributed by atoms with van der Waals surface area (Å²) < 4.78 is 0. The fourth-order valence-corrected chi connectivity index (χ4v) is 0.567. The van der Waals surface area contributed by atoms with Crippen molar-refractivity contribution in [1.29, 1.82) is 5.26 Å². The van der Waals surface area contributed by atoms with Gasteiger partial charge in [0.05, 0.1) is 5.57 Å². The van der Waals surface area contributed by atoms with Gasteiger partial charge in [-0.1, -0.05) is 19.9 Å². The maximum Gasteiger partial charge on any atom is 0.169 e. The van der Waals surface area contributed by atoms with E-state index in [9.17, 15) is 4.79 Å². The van der Waals surface area contributed by atoms with E-state index in [2.05, 4.69) is 0 Å². The van der Waals surface area contributed by atoms with E-state index in [1.54, 1.807) is 6.08 Å². The molecule has 0 unspecified atom stereocenters. The van der Waals surface area contributed by atoms with Crippen LogP contribution in [0.3, 0.4) is 0 Å². The van der Waals surface area contributed by atoms with Crippen molar-refractivity contribution in [3.05, 3.63) is 11.6 Å². The summed E-state index contributed by atoms with van der Waals surface area (Å²) in [5, 5.41) is 8.41. The molecule has 0 amide bonds. The summed E-state index contributed by atoms with van der Waals surface area (Å²) in [6.45, 7) is 5.26. The molecule has 0 aliphatic heterocycles. The van der Waals surface area contributed by atoms with Gasteiger partial charge >= 0.3 is 0 Å². The van der Waals surface area contributed by atoms with E-state index in [1.807, 2.05) is 19.9 Å². The highest BCUT2D eigenvalue weighted by Gasteiger charge is 2.01. The van der Waals surface area contributed by atoms with E-state index in [4.69, 9.17) is 5.26 Å². The van der Waals surface area contributed by atoms with Crippen LogP contribution in [0, 0.1) is 17.2 Å². The predicted molar refractivity (Wildman–Crippen MR) is 39.2 cm³/mol. The van der Waals surface area contributed by atoms with E-state index in [0.29, 0.717) is 0 Å². The minimum atomic E-state index is -0.156. The smallest absolute Gasteiger partial charge is 0.169 e. The van der Waals surface area contributed by atoms with E-state index in [-0.39, 0.29) is 17.3 Å². The molecular formula is C8H11NO. The maximum absolute atomic E-state index is 10.6. The average molecular weight is 137 g/mol. The highest BCUT2D eigenvalue weighted by Crippen LogP contribution is 2.01. The van der Waals surface area contributed by atoms with Crippen LogP contribution in [0.2, 0.25) is 0 Å². The normalized spacial score (nSPS) is 11.3. The number of carbonyl (C=O) groups excluding carboxylic acids is 1. The van der Waals surface area contributed by atoms with Crippen LogP contribution < -0.4 is 0 Å². The zero-order chi connectivity index (χ0) is 8.15. The van der Waals surface area contributed by atoms with Crippen LogP contribution in [0.1, 0.15) is 20.8 Å². The van der Waals surface area contributed by atoms with Gasteiger partial charge in [0, 0.05) is 0 Å². The number of Topliss-reactive ketones (excluding diaryl/α,β-unsaturated/α-hetero) is 1. The van der Waals surface area contributed by atoms with Crippen LogP contribution in [-0.2, 0) is 4.79 Å². The van der Waals surface area contributed by atoms with Crippen LogP contribution >= 0.6 is 0 Å². The average Bonchev–Trinajstić information content (AvgIpc) is 1.81. The molecule has 0 rings (SSSR count). The van der Waals surface area contributed by atoms with Crippen LogP contribution in [0.5, 0.6) is 0 Å². The highest BCUT2D eigenvalue weighted by molar-refractivity contribution is 5.97. The number of ketones is 1. The van der Waals surface area contributed by atoms with E-state index < -0.39 is 0 Å². The zero-order valence-corrected chi connectivity index (χ0v) is 6.51. The highest BCUT2D eigenvalue weighted by atomic mass is 16.1. The molecule has 0 aromatic carbocycles. The van der Waals surface area contributed by atoms with Gasteiger partial charge in [-0.05, 0) is 12.8 Å². The molecule has 2 nitrogen and oxygen atoms in total. The third-order valence-corrected chi connectivity index (χ3v) is 1.000. The van der Waals surface area contributed by atoms with Gasteiger partial charge in [0.15, 0.2) is 5.78 Å². The molecule has 0 saturated carbocycles. The first kappa shape index (κ1) is 8.90. The summed E-state index contributed by atoms with van der Waals surface area (Å²) in [4.78, 5) is 10.6. The van der Waals surface area contributed by atoms with Gasteiger partial charge in [-0.25, -0.2) is 0 Å². The molecule has 0 radical (unpaired) electrons. The second kappa shape index (κ2) is 3.84. The first-order valence-corrected chi connectivity index (χ1v) is 3.20. The Hall–Kier alpha value is -1.10. The van der Waals surface area contributed by atoms with Gasteiger partial charge in [-0.2, -0.15) is 5.26 Å². The van der Waals surface area contributed by atoms with Gasteiger partial charge in [0.1, 0.15) is 6.07 Å². The van der Waals surface area contributed by atoms with Crippen molar-refractivity contribution in [3.63, 3.8) is 0 Å². The Morgan fingerprint density at radius 2 is 2.10 bits per heavy atom. The SMILES string of the molecule is CC(=O)C(C#N)=CC(C)C. The van der Waals surface area contributed by atoms with Crippen LogP contribution in [0.4, 0.5) is 0 Å². The summed E-state index contributed by atoms with van der Waals surface area (Å²) in [7, 11) is 0. The van der Waals surface area contributed by atoms with Crippen molar-refractivity contribution >= 4 is 5.78 Å². The standard InChI is InChI=1S/C8H11NO/c1-6(2)4-8(5-9)7(3)10/h4,6H,1-3H3. The lowest BCUT2D eigenvalue weighted by molar-refractivity contribution is -0.113. The number of hydrogen-bond acceptors (Lipinski definition) is 2. The summed E-state index contributed by atoms with van der Waals surface area (Å²) in [5.41, 5.74) is 0.259. The van der Waals surface area contributed by atoms with E-state index in [0.717, 1.165) is 0 Å². The first-order valence-electron chi connectivity index (χ1n) is 3.20. The van der Waals surface area contributed by atoms with Crippen molar-refractivity contribution in [2.45, 2.75) is 20.8 Å². The molecule has 0 heterocycles. The Labute approximate surface area is 61.2 Å². The number of rotatable bonds is 2. The third-order valence-electron chi connectivity index (χ3n) is 1.000. The lowest BCUT2D eigenvalue weighted by Crippen LogP contribution is -1.95. The molecule has 0 N–H and O–H groups in total. The van der Waals surface area contributed by atoms with E-state index >= 15 is 0 Å². The monoisotopic (exact) mass is 137 g/mol. The molecule has 0 spiro atoms. The molecule has 0 saturated heterocycles. The lowest BCUT2D eigenvalue weighted by Gasteiger charge is -1.94. The van der Waals surface area contributed by atoms with Crippen LogP contribution in [0.25, 0.3) is 0 Å². The fraction of sp³-hybridized carbons (Fsp3) is 0.500. The van der Waals surface area contributed by atoms with E-state index in [1.165, 1.54) is 6.92 Å². The fourth-order valence-electron chi connectivity index (χ4n) is 0.567. The molecule has 2 heteroatoms. The first-order chi connectivity index (χ1) is 4.57. The predicted octanol–water partition coefficient (Wildman–Crippen LogP) is 1.68. The lowest BCUT2D eigenvalue weighted by atomic mass is 10.1. The topological polar surface area (TPSA) is 40.9 Å². The number of hydrogen-bond donors (Lipinski definition) is 0. The van der Waals surface area contributed by atoms with Crippen molar-refractivity contribution < 1.29 is 4.79 Å². The Balaban J connectivity index is 4.39. The van der Waals surface area contributed by atoms with Gasteiger partial charge in [0.2, 0.25) is 0 Å². The van der Waals surface area contributed by atoms with Crippen molar-refractivity contribution in [2.75, 3.05) is 0 Å². The van der Waals surface area contributed by atoms with Gasteiger partial charge in [-0.15, -0.1) is 0 Å². The largest absolute Gasteiger partial charge is 0.294 e. The Morgan fingerprint density at radius 1 is 1.60 bits per heavy atom. The van der Waals surface area contributed by atoms with Gasteiger partial charge in [-0.3, -0.25) is 4.79 Å². The molecule has 54 valence electrons. The Bertz CT molecular complexity index is 196. The summed E-state index contributed by atoms with van der Waals surface area (Å²) in [6.07, 6.45) is 1.67. The quantitative estimate of drug-likeness (QED) is 0.429. The zero-order valence-electron chi connectivity index (χ0n) is 6.51. The molecule has 0 fully saturated rings. The summed E-state index contributed by atoms with van der Waals surface area (Å²) in [5.74, 6) is 0.106. The van der Waals surface area contributed by atoms with Gasteiger partial charge < -0.3 is 0 Å². The molecule has 0 aromatic heterocycles. The van der Waals surface area contributed by atoms with Gasteiger partial charge in [0.25, 0.3) is 0 Å². The molecule has 0 bridgehead atoms. The summed E-state index contributed by atoms with van der Waals surface area (Å²) >= 11 is 0. The van der Waals surface area contributed by atoms with Crippen molar-refractivity contribution in [3.8, 4) is 6.07 Å². The Kier molecular flexibility index (Phi) is 3.42. The van der Waals surface area contributed by atoms with Crippen LogP contribution in [0.15, 0.2) is 11.6 Å².